The van der Waals surface area contributed by atoms with Crippen molar-refractivity contribution in [3.8, 4) is 17.1 Å². The number of methoxy groups -OCH3 is 1. The number of hydrogen-bond donors (Lipinski definition) is 0. The molecule has 0 saturated heterocycles. The van der Waals surface area contributed by atoms with Crippen molar-refractivity contribution in [2.45, 2.75) is 52.1 Å². The van der Waals surface area contributed by atoms with E-state index in [0.29, 0.717) is 36.5 Å². The van der Waals surface area contributed by atoms with Crippen LogP contribution < -0.4 is 16.0 Å². The molecule has 29 heavy (non-hydrogen) atoms. The van der Waals surface area contributed by atoms with E-state index in [1.807, 2.05) is 31.2 Å². The molecule has 8 heteroatoms. The summed E-state index contributed by atoms with van der Waals surface area (Å²) in [6.07, 6.45) is 4.08. The lowest BCUT2D eigenvalue weighted by Crippen LogP contribution is -2.42. The van der Waals surface area contributed by atoms with Crippen molar-refractivity contribution in [2.75, 3.05) is 7.11 Å². The second-order valence-electron chi connectivity index (χ2n) is 7.17. The SMILES string of the molecule is CCc1nc(-c2c3n(c(=O)n(Cc4ccc(OC)cc4)c2=O)CCCCC3)no1. The minimum absolute atomic E-state index is 0.174. The fraction of sp³-hybridized carbons (Fsp3) is 0.429. The summed E-state index contributed by atoms with van der Waals surface area (Å²) in [5, 5.41) is 4.03. The minimum atomic E-state index is -0.373. The van der Waals surface area contributed by atoms with E-state index >= 15 is 0 Å². The van der Waals surface area contributed by atoms with Crippen molar-refractivity contribution >= 4 is 0 Å². The van der Waals surface area contributed by atoms with Crippen LogP contribution in [0.3, 0.4) is 0 Å². The van der Waals surface area contributed by atoms with Gasteiger partial charge in [0.25, 0.3) is 5.56 Å². The van der Waals surface area contributed by atoms with Gasteiger partial charge in [-0.2, -0.15) is 4.98 Å². The first-order chi connectivity index (χ1) is 14.1. The molecule has 2 aromatic heterocycles. The van der Waals surface area contributed by atoms with Crippen molar-refractivity contribution in [1.82, 2.24) is 19.3 Å². The largest absolute Gasteiger partial charge is 0.497 e. The first kappa shape index (κ1) is 19.2. The number of nitrogens with zero attached hydrogens (tertiary/aromatic N) is 4. The van der Waals surface area contributed by atoms with Crippen LogP contribution in [-0.4, -0.2) is 26.4 Å². The summed E-state index contributed by atoms with van der Waals surface area (Å²) in [5.41, 5.74) is 1.27. The van der Waals surface area contributed by atoms with Gasteiger partial charge in [0.1, 0.15) is 11.3 Å². The number of fused-ring (bicyclic) bond motifs is 1. The summed E-state index contributed by atoms with van der Waals surface area (Å²) >= 11 is 0. The highest BCUT2D eigenvalue weighted by Gasteiger charge is 2.25. The fourth-order valence-electron chi connectivity index (χ4n) is 3.75. The first-order valence-electron chi connectivity index (χ1n) is 9.94. The molecule has 0 N–H and O–H groups in total. The molecule has 152 valence electrons. The maximum Gasteiger partial charge on any atom is 0.331 e. The normalized spacial score (nSPS) is 13.7. The summed E-state index contributed by atoms with van der Waals surface area (Å²) in [5.74, 6) is 1.46. The smallest absolute Gasteiger partial charge is 0.331 e. The summed E-state index contributed by atoms with van der Waals surface area (Å²) in [6.45, 7) is 2.67. The number of ether oxygens (including phenoxy) is 1. The summed E-state index contributed by atoms with van der Waals surface area (Å²) < 4.78 is 13.4. The monoisotopic (exact) mass is 396 g/mol. The van der Waals surface area contributed by atoms with Crippen molar-refractivity contribution in [2.24, 2.45) is 0 Å². The first-order valence-corrected chi connectivity index (χ1v) is 9.94. The van der Waals surface area contributed by atoms with E-state index in [1.165, 1.54) is 4.57 Å². The molecule has 0 amide bonds. The summed E-state index contributed by atoms with van der Waals surface area (Å²) in [4.78, 5) is 31.0. The van der Waals surface area contributed by atoms with Crippen LogP contribution in [-0.2, 0) is 25.9 Å². The van der Waals surface area contributed by atoms with Crippen molar-refractivity contribution in [3.63, 3.8) is 0 Å². The zero-order chi connectivity index (χ0) is 20.4. The molecule has 0 atom stereocenters. The number of hydrogen-bond acceptors (Lipinski definition) is 6. The lowest BCUT2D eigenvalue weighted by atomic mass is 10.1. The van der Waals surface area contributed by atoms with Crippen molar-refractivity contribution < 1.29 is 9.26 Å². The predicted octanol–water partition coefficient (Wildman–Crippen LogP) is 2.41. The molecule has 0 unspecified atom stereocenters. The van der Waals surface area contributed by atoms with Crippen LogP contribution in [0.15, 0.2) is 38.4 Å². The molecule has 0 aliphatic carbocycles. The molecule has 3 aromatic rings. The van der Waals surface area contributed by atoms with Gasteiger partial charge in [-0.15, -0.1) is 0 Å². The highest BCUT2D eigenvalue weighted by Crippen LogP contribution is 2.22. The van der Waals surface area contributed by atoms with Gasteiger partial charge >= 0.3 is 5.69 Å². The lowest BCUT2D eigenvalue weighted by Gasteiger charge is -2.16. The molecule has 3 heterocycles. The second-order valence-corrected chi connectivity index (χ2v) is 7.17. The highest BCUT2D eigenvalue weighted by molar-refractivity contribution is 5.56. The van der Waals surface area contributed by atoms with Crippen LogP contribution in [0.2, 0.25) is 0 Å². The van der Waals surface area contributed by atoms with E-state index < -0.39 is 0 Å². The number of aromatic nitrogens is 4. The van der Waals surface area contributed by atoms with Crippen LogP contribution in [0.25, 0.3) is 11.4 Å². The number of rotatable bonds is 5. The van der Waals surface area contributed by atoms with Crippen LogP contribution in [0.4, 0.5) is 0 Å². The van der Waals surface area contributed by atoms with Gasteiger partial charge in [-0.25, -0.2) is 4.79 Å². The van der Waals surface area contributed by atoms with Crippen LogP contribution >= 0.6 is 0 Å². The molecule has 1 aliphatic heterocycles. The number of aryl methyl sites for hydroxylation is 1. The molecule has 0 radical (unpaired) electrons. The van der Waals surface area contributed by atoms with E-state index in [0.717, 1.165) is 30.6 Å². The van der Waals surface area contributed by atoms with Gasteiger partial charge in [0, 0.05) is 18.7 Å². The molecular weight excluding hydrogens is 372 g/mol. The van der Waals surface area contributed by atoms with Gasteiger partial charge in [0.15, 0.2) is 0 Å². The Morgan fingerprint density at radius 2 is 1.93 bits per heavy atom. The minimum Gasteiger partial charge on any atom is -0.497 e. The molecule has 0 bridgehead atoms. The third kappa shape index (κ3) is 3.62. The molecular formula is C21H24N4O4. The number of benzene rings is 1. The van der Waals surface area contributed by atoms with E-state index in [4.69, 9.17) is 9.26 Å². The van der Waals surface area contributed by atoms with Gasteiger partial charge in [-0.05, 0) is 37.0 Å². The van der Waals surface area contributed by atoms with Gasteiger partial charge in [-0.1, -0.05) is 30.6 Å². The fourth-order valence-corrected chi connectivity index (χ4v) is 3.75. The van der Waals surface area contributed by atoms with E-state index in [9.17, 15) is 9.59 Å². The molecule has 1 aromatic carbocycles. The Bertz CT molecular complexity index is 1130. The molecule has 0 fully saturated rings. The van der Waals surface area contributed by atoms with E-state index in [2.05, 4.69) is 10.1 Å². The Morgan fingerprint density at radius 3 is 2.62 bits per heavy atom. The standard InChI is InChI=1S/C21H24N4O4/c1-3-17-22-19(23-29-17)18-16-7-5-4-6-12-24(16)21(27)25(20(18)26)13-14-8-10-15(28-2)11-9-14/h8-11H,3-7,12-13H2,1-2H3. The third-order valence-electron chi connectivity index (χ3n) is 5.32. The summed E-state index contributed by atoms with van der Waals surface area (Å²) in [7, 11) is 1.60. The Balaban J connectivity index is 1.88. The maximum absolute atomic E-state index is 13.4. The second kappa shape index (κ2) is 8.06. The van der Waals surface area contributed by atoms with Crippen molar-refractivity contribution in [3.05, 3.63) is 62.3 Å². The summed E-state index contributed by atoms with van der Waals surface area (Å²) in [6, 6.07) is 7.33. The molecule has 1 aliphatic rings. The van der Waals surface area contributed by atoms with Crippen molar-refractivity contribution in [1.29, 1.82) is 0 Å². The highest BCUT2D eigenvalue weighted by atomic mass is 16.5. The Morgan fingerprint density at radius 1 is 1.14 bits per heavy atom. The maximum atomic E-state index is 13.4. The van der Waals surface area contributed by atoms with Crippen LogP contribution in [0, 0.1) is 0 Å². The van der Waals surface area contributed by atoms with Gasteiger partial charge in [-0.3, -0.25) is 13.9 Å². The van der Waals surface area contributed by atoms with E-state index in [1.54, 1.807) is 11.7 Å². The molecule has 8 nitrogen and oxygen atoms in total. The Labute approximate surface area is 167 Å². The molecule has 0 saturated carbocycles. The quantitative estimate of drug-likeness (QED) is 0.658. The molecule has 4 rings (SSSR count). The zero-order valence-electron chi connectivity index (χ0n) is 16.7. The predicted molar refractivity (Wildman–Crippen MR) is 107 cm³/mol. The van der Waals surface area contributed by atoms with Gasteiger partial charge < -0.3 is 9.26 Å². The van der Waals surface area contributed by atoms with E-state index in [-0.39, 0.29) is 23.6 Å². The molecule has 0 spiro atoms. The third-order valence-corrected chi connectivity index (χ3v) is 5.32. The van der Waals surface area contributed by atoms with Crippen LogP contribution in [0.1, 0.15) is 43.3 Å². The zero-order valence-corrected chi connectivity index (χ0v) is 16.7. The van der Waals surface area contributed by atoms with Gasteiger partial charge in [0.05, 0.1) is 13.7 Å². The lowest BCUT2D eigenvalue weighted by molar-refractivity contribution is 0.382. The Kier molecular flexibility index (Phi) is 5.33. The Hall–Kier alpha value is -3.16. The topological polar surface area (TPSA) is 92.2 Å². The average molecular weight is 396 g/mol. The van der Waals surface area contributed by atoms with Crippen LogP contribution in [0.5, 0.6) is 5.75 Å². The average Bonchev–Trinajstić information content (AvgIpc) is 3.08. The van der Waals surface area contributed by atoms with Gasteiger partial charge in [0.2, 0.25) is 11.7 Å².